The molecule has 0 aromatic heterocycles. The van der Waals surface area contributed by atoms with Crippen LogP contribution >= 0.6 is 0 Å². The molecule has 1 saturated carbocycles. The van der Waals surface area contributed by atoms with Gasteiger partial charge in [0.1, 0.15) is 5.82 Å². The second-order valence-corrected chi connectivity index (χ2v) is 7.45. The lowest BCUT2D eigenvalue weighted by Gasteiger charge is -2.39. The smallest absolute Gasteiger partial charge is 0.317 e. The SMILES string of the molecule is CC1([C@@H]2CCCN(C(=O)N[C@H]3C[C@@H]3c3cccc(F)c3)C2)OCCO1. The van der Waals surface area contributed by atoms with Crippen molar-refractivity contribution in [3.63, 3.8) is 0 Å². The number of nitrogens with one attached hydrogen (secondary N) is 1. The van der Waals surface area contributed by atoms with Gasteiger partial charge in [-0.3, -0.25) is 0 Å². The molecule has 0 spiro atoms. The normalized spacial score (nSPS) is 31.0. The molecular formula is C19H25FN2O3. The molecule has 0 radical (unpaired) electrons. The van der Waals surface area contributed by atoms with Crippen LogP contribution in [0.4, 0.5) is 9.18 Å². The molecule has 136 valence electrons. The molecule has 3 fully saturated rings. The van der Waals surface area contributed by atoms with E-state index in [9.17, 15) is 9.18 Å². The summed E-state index contributed by atoms with van der Waals surface area (Å²) in [6.45, 7) is 4.63. The molecule has 1 N–H and O–H groups in total. The lowest BCUT2D eigenvalue weighted by atomic mass is 9.90. The van der Waals surface area contributed by atoms with Crippen LogP contribution in [0.3, 0.4) is 0 Å². The van der Waals surface area contributed by atoms with Gasteiger partial charge in [-0.15, -0.1) is 0 Å². The number of amides is 2. The molecule has 2 amide bonds. The average molecular weight is 348 g/mol. The summed E-state index contributed by atoms with van der Waals surface area (Å²) >= 11 is 0. The Bertz CT molecular complexity index is 647. The Morgan fingerprint density at radius 2 is 2.16 bits per heavy atom. The molecule has 0 bridgehead atoms. The second kappa shape index (κ2) is 6.57. The zero-order chi connectivity index (χ0) is 17.4. The van der Waals surface area contributed by atoms with Crippen LogP contribution in [0.5, 0.6) is 0 Å². The van der Waals surface area contributed by atoms with Crippen molar-refractivity contribution in [2.45, 2.75) is 43.9 Å². The molecular weight excluding hydrogens is 323 g/mol. The maximum absolute atomic E-state index is 13.3. The number of piperidine rings is 1. The van der Waals surface area contributed by atoms with Crippen molar-refractivity contribution in [1.82, 2.24) is 10.2 Å². The average Bonchev–Trinajstić information content (AvgIpc) is 3.24. The van der Waals surface area contributed by atoms with Crippen LogP contribution in [0.25, 0.3) is 0 Å². The fraction of sp³-hybridized carbons (Fsp3) is 0.632. The highest BCUT2D eigenvalue weighted by Gasteiger charge is 2.44. The number of benzene rings is 1. The van der Waals surface area contributed by atoms with Gasteiger partial charge in [-0.05, 0) is 43.9 Å². The highest BCUT2D eigenvalue weighted by Crippen LogP contribution is 2.41. The van der Waals surface area contributed by atoms with Crippen molar-refractivity contribution in [3.8, 4) is 0 Å². The standard InChI is InChI=1S/C19H25FN2O3/c1-19(24-8-9-25-19)14-5-3-7-22(12-14)18(23)21-17-11-16(17)13-4-2-6-15(20)10-13/h2,4,6,10,14,16-17H,3,5,7-9,11-12H2,1H3,(H,21,23)/t14-,16-,17+/m1/s1. The van der Waals surface area contributed by atoms with E-state index in [1.165, 1.54) is 6.07 Å². The van der Waals surface area contributed by atoms with Crippen LogP contribution in [0.1, 0.15) is 37.7 Å². The number of rotatable bonds is 3. The van der Waals surface area contributed by atoms with Gasteiger partial charge in [0.25, 0.3) is 0 Å². The Kier molecular flexibility index (Phi) is 4.41. The van der Waals surface area contributed by atoms with Crippen molar-refractivity contribution in [2.24, 2.45) is 5.92 Å². The fourth-order valence-corrected chi connectivity index (χ4v) is 4.07. The zero-order valence-corrected chi connectivity index (χ0v) is 14.5. The third-order valence-corrected chi connectivity index (χ3v) is 5.69. The van der Waals surface area contributed by atoms with E-state index in [-0.39, 0.29) is 29.7 Å². The molecule has 4 rings (SSSR count). The largest absolute Gasteiger partial charge is 0.347 e. The number of hydrogen-bond donors (Lipinski definition) is 1. The summed E-state index contributed by atoms with van der Waals surface area (Å²) in [6, 6.07) is 6.72. The highest BCUT2D eigenvalue weighted by molar-refractivity contribution is 5.75. The van der Waals surface area contributed by atoms with Gasteiger partial charge in [0.05, 0.1) is 13.2 Å². The van der Waals surface area contributed by atoms with Crippen LogP contribution in [0.15, 0.2) is 24.3 Å². The van der Waals surface area contributed by atoms with E-state index in [4.69, 9.17) is 9.47 Å². The Labute approximate surface area is 147 Å². The molecule has 6 heteroatoms. The van der Waals surface area contributed by atoms with Crippen molar-refractivity contribution < 1.29 is 18.7 Å². The number of carbonyl (C=O) groups is 1. The van der Waals surface area contributed by atoms with E-state index in [0.717, 1.165) is 31.4 Å². The molecule has 1 aliphatic carbocycles. The Morgan fingerprint density at radius 3 is 2.92 bits per heavy atom. The van der Waals surface area contributed by atoms with Crippen LogP contribution in [0, 0.1) is 11.7 Å². The molecule has 0 unspecified atom stereocenters. The number of carbonyl (C=O) groups excluding carboxylic acids is 1. The zero-order valence-electron chi connectivity index (χ0n) is 14.5. The van der Waals surface area contributed by atoms with E-state index in [1.807, 2.05) is 17.9 Å². The topological polar surface area (TPSA) is 50.8 Å². The number of urea groups is 1. The Hall–Kier alpha value is -1.66. The van der Waals surface area contributed by atoms with E-state index >= 15 is 0 Å². The van der Waals surface area contributed by atoms with Crippen LogP contribution < -0.4 is 5.32 Å². The third-order valence-electron chi connectivity index (χ3n) is 5.69. The van der Waals surface area contributed by atoms with E-state index < -0.39 is 5.79 Å². The van der Waals surface area contributed by atoms with Gasteiger partial charge in [0.15, 0.2) is 5.79 Å². The van der Waals surface area contributed by atoms with E-state index in [2.05, 4.69) is 5.32 Å². The third kappa shape index (κ3) is 3.51. The molecule has 1 aromatic carbocycles. The summed E-state index contributed by atoms with van der Waals surface area (Å²) in [5.41, 5.74) is 0.960. The van der Waals surface area contributed by atoms with Gasteiger partial charge in [-0.2, -0.15) is 0 Å². The van der Waals surface area contributed by atoms with Gasteiger partial charge >= 0.3 is 6.03 Å². The minimum Gasteiger partial charge on any atom is -0.347 e. The van der Waals surface area contributed by atoms with E-state index in [1.54, 1.807) is 12.1 Å². The van der Waals surface area contributed by atoms with Gasteiger partial charge in [0, 0.05) is 31.0 Å². The van der Waals surface area contributed by atoms with Crippen molar-refractivity contribution in [2.75, 3.05) is 26.3 Å². The minimum atomic E-state index is -0.567. The van der Waals surface area contributed by atoms with Gasteiger partial charge in [-0.25, -0.2) is 9.18 Å². The number of ether oxygens (including phenoxy) is 2. The Balaban J connectivity index is 1.32. The van der Waals surface area contributed by atoms with Crippen molar-refractivity contribution in [1.29, 1.82) is 0 Å². The predicted molar refractivity (Wildman–Crippen MR) is 90.7 cm³/mol. The first kappa shape index (κ1) is 16.8. The molecule has 2 saturated heterocycles. The molecule has 1 aromatic rings. The number of likely N-dealkylation sites (tertiary alicyclic amines) is 1. The number of halogens is 1. The van der Waals surface area contributed by atoms with Gasteiger partial charge in [0.2, 0.25) is 0 Å². The Morgan fingerprint density at radius 1 is 1.36 bits per heavy atom. The summed E-state index contributed by atoms with van der Waals surface area (Å²) < 4.78 is 24.9. The van der Waals surface area contributed by atoms with E-state index in [0.29, 0.717) is 19.8 Å². The first-order valence-electron chi connectivity index (χ1n) is 9.14. The molecule has 2 aliphatic heterocycles. The highest BCUT2D eigenvalue weighted by atomic mass is 19.1. The fourth-order valence-electron chi connectivity index (χ4n) is 4.07. The molecule has 3 aliphatic rings. The quantitative estimate of drug-likeness (QED) is 0.914. The van der Waals surface area contributed by atoms with Gasteiger partial charge < -0.3 is 19.7 Å². The summed E-state index contributed by atoms with van der Waals surface area (Å²) in [6.07, 6.45) is 2.84. The number of nitrogens with zero attached hydrogens (tertiary/aromatic N) is 1. The van der Waals surface area contributed by atoms with Crippen molar-refractivity contribution >= 4 is 6.03 Å². The molecule has 3 atom stereocenters. The lowest BCUT2D eigenvalue weighted by molar-refractivity contribution is -0.189. The van der Waals surface area contributed by atoms with Crippen LogP contribution in [0.2, 0.25) is 0 Å². The number of hydrogen-bond acceptors (Lipinski definition) is 3. The summed E-state index contributed by atoms with van der Waals surface area (Å²) in [5.74, 6) is -0.368. The molecule has 2 heterocycles. The second-order valence-electron chi connectivity index (χ2n) is 7.45. The van der Waals surface area contributed by atoms with Crippen LogP contribution in [-0.4, -0.2) is 49.1 Å². The summed E-state index contributed by atoms with van der Waals surface area (Å²) in [4.78, 5) is 14.5. The first-order valence-corrected chi connectivity index (χ1v) is 9.14. The molecule has 5 nitrogen and oxygen atoms in total. The minimum absolute atomic E-state index is 0.0322. The lowest BCUT2D eigenvalue weighted by Crippen LogP contribution is -2.51. The summed E-state index contributed by atoms with van der Waals surface area (Å²) in [5, 5.41) is 3.10. The van der Waals surface area contributed by atoms with Gasteiger partial charge in [-0.1, -0.05) is 12.1 Å². The van der Waals surface area contributed by atoms with Crippen molar-refractivity contribution in [3.05, 3.63) is 35.6 Å². The monoisotopic (exact) mass is 348 g/mol. The molecule has 25 heavy (non-hydrogen) atoms. The first-order chi connectivity index (χ1) is 12.0. The summed E-state index contributed by atoms with van der Waals surface area (Å²) in [7, 11) is 0. The predicted octanol–water partition coefficient (Wildman–Crippen LogP) is 2.87. The maximum atomic E-state index is 13.3. The van der Waals surface area contributed by atoms with Crippen LogP contribution in [-0.2, 0) is 9.47 Å². The maximum Gasteiger partial charge on any atom is 0.317 e.